The Hall–Kier alpha value is -1.48. The number of pyridine rings is 1. The molecule has 2 N–H and O–H groups in total. The van der Waals surface area contributed by atoms with E-state index in [0.717, 1.165) is 22.9 Å². The predicted octanol–water partition coefficient (Wildman–Crippen LogP) is 2.82. The third-order valence-corrected chi connectivity index (χ3v) is 3.06. The molecule has 1 aromatic carbocycles. The molecule has 2 nitrogen and oxygen atoms in total. The molecular weight excluding hydrogens is 215 g/mol. The fourth-order valence-corrected chi connectivity index (χ4v) is 2.00. The van der Waals surface area contributed by atoms with Gasteiger partial charge in [0.15, 0.2) is 0 Å². The molecule has 1 unspecified atom stereocenters. The van der Waals surface area contributed by atoms with E-state index in [9.17, 15) is 4.39 Å². The van der Waals surface area contributed by atoms with Crippen LogP contribution in [0.15, 0.2) is 24.4 Å². The van der Waals surface area contributed by atoms with Gasteiger partial charge in [0.25, 0.3) is 0 Å². The number of aromatic nitrogens is 1. The Kier molecular flexibility index (Phi) is 3.38. The highest BCUT2D eigenvalue weighted by atomic mass is 19.1. The number of halogens is 1. The highest BCUT2D eigenvalue weighted by molar-refractivity contribution is 5.83. The van der Waals surface area contributed by atoms with Crippen molar-refractivity contribution in [2.75, 3.05) is 6.54 Å². The molecule has 1 heterocycles. The monoisotopic (exact) mass is 232 g/mol. The lowest BCUT2D eigenvalue weighted by Gasteiger charge is -2.10. The number of fused-ring (bicyclic) bond motifs is 1. The first-order valence-corrected chi connectivity index (χ1v) is 5.85. The average molecular weight is 232 g/mol. The molecule has 0 saturated heterocycles. The molecule has 0 fully saturated rings. The smallest absolute Gasteiger partial charge is 0.149 e. The molecule has 0 bridgehead atoms. The highest BCUT2D eigenvalue weighted by Crippen LogP contribution is 2.22. The van der Waals surface area contributed by atoms with Gasteiger partial charge in [-0.05, 0) is 55.1 Å². The van der Waals surface area contributed by atoms with Crippen LogP contribution in [0.1, 0.15) is 18.1 Å². The summed E-state index contributed by atoms with van der Waals surface area (Å²) in [5.41, 5.74) is 8.09. The van der Waals surface area contributed by atoms with Gasteiger partial charge in [0, 0.05) is 11.6 Å². The van der Waals surface area contributed by atoms with Gasteiger partial charge in [-0.2, -0.15) is 0 Å². The van der Waals surface area contributed by atoms with Crippen LogP contribution in [0.4, 0.5) is 4.39 Å². The summed E-state index contributed by atoms with van der Waals surface area (Å²) in [5.74, 6) is 0.120. The minimum atomic E-state index is -0.245. The lowest BCUT2D eigenvalue weighted by atomic mass is 9.98. The van der Waals surface area contributed by atoms with Crippen LogP contribution in [0.5, 0.6) is 0 Å². The number of nitrogens with two attached hydrogens (primary N) is 1. The fraction of sp³-hybridized carbons (Fsp3) is 0.357. The molecule has 0 saturated carbocycles. The van der Waals surface area contributed by atoms with Gasteiger partial charge in [-0.3, -0.25) is 4.98 Å². The molecule has 0 radical (unpaired) electrons. The van der Waals surface area contributed by atoms with Gasteiger partial charge < -0.3 is 5.73 Å². The fourth-order valence-electron chi connectivity index (χ4n) is 2.00. The Bertz CT molecular complexity index is 537. The van der Waals surface area contributed by atoms with Crippen molar-refractivity contribution in [3.8, 4) is 0 Å². The van der Waals surface area contributed by atoms with Crippen molar-refractivity contribution < 1.29 is 4.39 Å². The number of rotatable bonds is 3. The van der Waals surface area contributed by atoms with Crippen LogP contribution in [-0.4, -0.2) is 11.5 Å². The van der Waals surface area contributed by atoms with Crippen LogP contribution < -0.4 is 5.73 Å². The third kappa shape index (κ3) is 2.44. The number of aryl methyl sites for hydroxylation is 1. The summed E-state index contributed by atoms with van der Waals surface area (Å²) in [7, 11) is 0. The van der Waals surface area contributed by atoms with Crippen LogP contribution >= 0.6 is 0 Å². The molecule has 0 aliphatic heterocycles. The molecule has 0 spiro atoms. The van der Waals surface area contributed by atoms with Crippen LogP contribution in [0.2, 0.25) is 0 Å². The molecule has 0 amide bonds. The summed E-state index contributed by atoms with van der Waals surface area (Å²) in [6.07, 6.45) is 2.45. The van der Waals surface area contributed by atoms with Crippen LogP contribution in [0, 0.1) is 18.7 Å². The zero-order chi connectivity index (χ0) is 12.4. The van der Waals surface area contributed by atoms with Gasteiger partial charge in [-0.25, -0.2) is 4.39 Å². The minimum Gasteiger partial charge on any atom is -0.330 e. The molecule has 0 aliphatic rings. The van der Waals surface area contributed by atoms with Crippen molar-refractivity contribution in [3.05, 3.63) is 41.3 Å². The molecule has 90 valence electrons. The first kappa shape index (κ1) is 12.0. The Morgan fingerprint density at radius 1 is 1.41 bits per heavy atom. The van der Waals surface area contributed by atoms with Gasteiger partial charge in [0.05, 0.1) is 0 Å². The number of hydrogen-bond acceptors (Lipinski definition) is 2. The first-order valence-electron chi connectivity index (χ1n) is 5.85. The maximum absolute atomic E-state index is 13.9. The van der Waals surface area contributed by atoms with Crippen LogP contribution in [0.25, 0.3) is 10.9 Å². The van der Waals surface area contributed by atoms with Crippen molar-refractivity contribution >= 4 is 10.9 Å². The molecule has 1 atom stereocenters. The van der Waals surface area contributed by atoms with E-state index in [2.05, 4.69) is 11.9 Å². The Morgan fingerprint density at radius 3 is 2.88 bits per heavy atom. The summed E-state index contributed by atoms with van der Waals surface area (Å²) < 4.78 is 13.9. The van der Waals surface area contributed by atoms with E-state index in [-0.39, 0.29) is 5.82 Å². The first-order chi connectivity index (χ1) is 8.11. The second kappa shape index (κ2) is 4.80. The standard InChI is InChI=1S/C14H17FN2/c1-9(8-16)5-11-6-12-10(2)3-4-17-14(12)13(15)7-11/h3-4,6-7,9H,5,8,16H2,1-2H3. The third-order valence-electron chi connectivity index (χ3n) is 3.06. The highest BCUT2D eigenvalue weighted by Gasteiger charge is 2.09. The van der Waals surface area contributed by atoms with E-state index in [4.69, 9.17) is 5.73 Å². The summed E-state index contributed by atoms with van der Waals surface area (Å²) >= 11 is 0. The maximum atomic E-state index is 13.9. The molecule has 2 rings (SSSR count). The van der Waals surface area contributed by atoms with E-state index in [0.29, 0.717) is 18.0 Å². The van der Waals surface area contributed by atoms with Gasteiger partial charge in [0.2, 0.25) is 0 Å². The van der Waals surface area contributed by atoms with Crippen molar-refractivity contribution in [3.63, 3.8) is 0 Å². The zero-order valence-electron chi connectivity index (χ0n) is 10.2. The van der Waals surface area contributed by atoms with Crippen molar-refractivity contribution in [1.82, 2.24) is 4.98 Å². The molecular formula is C14H17FN2. The summed E-state index contributed by atoms with van der Waals surface area (Å²) in [6.45, 7) is 4.66. The lowest BCUT2D eigenvalue weighted by Crippen LogP contribution is -2.13. The van der Waals surface area contributed by atoms with Crippen LogP contribution in [0.3, 0.4) is 0 Å². The van der Waals surface area contributed by atoms with E-state index in [1.165, 1.54) is 0 Å². The lowest BCUT2D eigenvalue weighted by molar-refractivity contribution is 0.586. The maximum Gasteiger partial charge on any atom is 0.149 e. The van der Waals surface area contributed by atoms with Crippen LogP contribution in [-0.2, 0) is 6.42 Å². The Balaban J connectivity index is 2.50. The number of nitrogens with zero attached hydrogens (tertiary/aromatic N) is 1. The Labute approximate surface area is 101 Å². The van der Waals surface area contributed by atoms with Crippen molar-refractivity contribution in [2.45, 2.75) is 20.3 Å². The molecule has 3 heteroatoms. The van der Waals surface area contributed by atoms with Gasteiger partial charge in [0.1, 0.15) is 11.3 Å². The second-order valence-electron chi connectivity index (χ2n) is 4.65. The Morgan fingerprint density at radius 2 is 2.18 bits per heavy atom. The average Bonchev–Trinajstić information content (AvgIpc) is 2.30. The van der Waals surface area contributed by atoms with Crippen molar-refractivity contribution in [2.24, 2.45) is 11.7 Å². The van der Waals surface area contributed by atoms with Crippen molar-refractivity contribution in [1.29, 1.82) is 0 Å². The van der Waals surface area contributed by atoms with E-state index >= 15 is 0 Å². The van der Waals surface area contributed by atoms with E-state index in [1.807, 2.05) is 19.1 Å². The number of hydrogen-bond donors (Lipinski definition) is 1. The number of benzene rings is 1. The van der Waals surface area contributed by atoms with Gasteiger partial charge >= 0.3 is 0 Å². The summed E-state index contributed by atoms with van der Waals surface area (Å²) in [4.78, 5) is 4.08. The molecule has 1 aromatic heterocycles. The zero-order valence-corrected chi connectivity index (χ0v) is 10.2. The molecule has 0 aliphatic carbocycles. The topological polar surface area (TPSA) is 38.9 Å². The SMILES string of the molecule is Cc1ccnc2c(F)cc(CC(C)CN)cc12. The second-order valence-corrected chi connectivity index (χ2v) is 4.65. The molecule has 17 heavy (non-hydrogen) atoms. The van der Waals surface area contributed by atoms with Gasteiger partial charge in [-0.1, -0.05) is 6.92 Å². The van der Waals surface area contributed by atoms with E-state index in [1.54, 1.807) is 12.3 Å². The summed E-state index contributed by atoms with van der Waals surface area (Å²) in [5, 5.41) is 0.895. The predicted molar refractivity (Wildman–Crippen MR) is 68.4 cm³/mol. The summed E-state index contributed by atoms with van der Waals surface area (Å²) in [6, 6.07) is 5.49. The van der Waals surface area contributed by atoms with Gasteiger partial charge in [-0.15, -0.1) is 0 Å². The largest absolute Gasteiger partial charge is 0.330 e. The molecule has 2 aromatic rings. The quantitative estimate of drug-likeness (QED) is 0.883. The van der Waals surface area contributed by atoms with E-state index < -0.39 is 0 Å². The normalized spacial score (nSPS) is 12.9. The minimum absolute atomic E-state index is 0.245.